The smallest absolute Gasteiger partial charge is 0.393 e. The summed E-state index contributed by atoms with van der Waals surface area (Å²) in [5.41, 5.74) is 5.36. The number of aliphatic hydroxyl groups is 2. The lowest BCUT2D eigenvalue weighted by Gasteiger charge is -2.24. The van der Waals surface area contributed by atoms with Crippen LogP contribution >= 0.6 is 7.82 Å². The number of nitrogens with two attached hydrogens (primary N) is 1. The minimum Gasteiger partial charge on any atom is -0.393 e. The number of carbonyl (C=O) groups is 1. The molecule has 0 spiro atoms. The number of aliphatic hydroxyl groups excluding tert-OH is 2. The van der Waals surface area contributed by atoms with Crippen LogP contribution in [0.4, 0.5) is 0 Å². The van der Waals surface area contributed by atoms with Gasteiger partial charge in [-0.25, -0.2) is 4.57 Å². The predicted octanol–water partition coefficient (Wildman–Crippen LogP) is 11.3. The third-order valence-corrected chi connectivity index (χ3v) is 10.8. The van der Waals surface area contributed by atoms with E-state index in [4.69, 9.17) is 14.8 Å². The number of nitrogens with one attached hydrogen (secondary N) is 1. The number of rotatable bonds is 41. The molecule has 0 bridgehead atoms. The summed E-state index contributed by atoms with van der Waals surface area (Å²) in [5, 5.41) is 24.0. The standard InChI is InChI=1S/C44H85N2O7P/c1-3-5-7-9-11-13-15-17-18-19-20-21-22-24-25-27-29-31-33-35-41(47)39-44(49)46-42(40-53-54(50,51)52-38-37-45)43(48)36-34-32-30-28-26-23-16-14-12-10-8-6-4-2/h5,7,11,13,34,36,41-43,47-48H,3-4,6,8-10,12,14-33,35,37-40,45H2,1-2H3,(H,46,49)(H,50,51)/b7-5-,13-11-,36-34+. The largest absolute Gasteiger partial charge is 0.472 e. The summed E-state index contributed by atoms with van der Waals surface area (Å²) in [4.78, 5) is 22.7. The van der Waals surface area contributed by atoms with Crippen LogP contribution in [0.5, 0.6) is 0 Å². The first kappa shape index (κ1) is 52.7. The van der Waals surface area contributed by atoms with Gasteiger partial charge in [0.1, 0.15) is 0 Å². The number of phosphoric ester groups is 1. The maximum atomic E-state index is 12.8. The third kappa shape index (κ3) is 37.6. The van der Waals surface area contributed by atoms with E-state index in [1.165, 1.54) is 122 Å². The van der Waals surface area contributed by atoms with Gasteiger partial charge in [0.15, 0.2) is 0 Å². The van der Waals surface area contributed by atoms with Crippen molar-refractivity contribution in [3.8, 4) is 0 Å². The van der Waals surface area contributed by atoms with Gasteiger partial charge in [-0.1, -0.05) is 185 Å². The number of hydrogen-bond acceptors (Lipinski definition) is 7. The number of amides is 1. The SMILES string of the molecule is CC/C=C\C/C=C\CCCCCCCCCCCCCCC(O)CC(=O)NC(COP(=O)(O)OCCN)C(O)/C=C/CCCCCCCCCCCCC. The van der Waals surface area contributed by atoms with Crippen LogP contribution in [0.1, 0.15) is 200 Å². The molecule has 0 aromatic heterocycles. The van der Waals surface area contributed by atoms with Crippen molar-refractivity contribution in [3.63, 3.8) is 0 Å². The van der Waals surface area contributed by atoms with E-state index in [9.17, 15) is 24.5 Å². The van der Waals surface area contributed by atoms with Crippen molar-refractivity contribution >= 4 is 13.7 Å². The molecule has 9 nitrogen and oxygen atoms in total. The molecule has 0 saturated carbocycles. The predicted molar refractivity (Wildman–Crippen MR) is 227 cm³/mol. The van der Waals surface area contributed by atoms with Crippen molar-refractivity contribution in [1.82, 2.24) is 5.32 Å². The Labute approximate surface area is 332 Å². The topological polar surface area (TPSA) is 151 Å². The molecule has 54 heavy (non-hydrogen) atoms. The minimum absolute atomic E-state index is 0.0489. The average Bonchev–Trinajstić information content (AvgIpc) is 3.15. The highest BCUT2D eigenvalue weighted by Crippen LogP contribution is 2.43. The number of phosphoric acid groups is 1. The van der Waals surface area contributed by atoms with E-state index in [0.29, 0.717) is 6.42 Å². The second kappa shape index (κ2) is 39.9. The van der Waals surface area contributed by atoms with E-state index in [-0.39, 0.29) is 19.6 Å². The van der Waals surface area contributed by atoms with Crippen LogP contribution < -0.4 is 11.1 Å². The lowest BCUT2D eigenvalue weighted by Crippen LogP contribution is -2.46. The minimum atomic E-state index is -4.40. The Balaban J connectivity index is 4.25. The molecular weight excluding hydrogens is 699 g/mol. The van der Waals surface area contributed by atoms with Crippen molar-refractivity contribution in [1.29, 1.82) is 0 Å². The quantitative estimate of drug-likeness (QED) is 0.0233. The fraction of sp³-hybridized carbons (Fsp3) is 0.841. The van der Waals surface area contributed by atoms with E-state index in [1.807, 2.05) is 6.08 Å². The molecule has 0 saturated heterocycles. The lowest BCUT2D eigenvalue weighted by atomic mass is 10.0. The zero-order chi connectivity index (χ0) is 39.8. The first-order valence-corrected chi connectivity index (χ1v) is 23.7. The first-order chi connectivity index (χ1) is 26.3. The number of hydrogen-bond donors (Lipinski definition) is 5. The van der Waals surface area contributed by atoms with Gasteiger partial charge in [-0.15, -0.1) is 0 Å². The average molecular weight is 785 g/mol. The maximum absolute atomic E-state index is 12.8. The summed E-state index contributed by atoms with van der Waals surface area (Å²) in [7, 11) is -4.40. The number of allylic oxidation sites excluding steroid dienone is 5. The van der Waals surface area contributed by atoms with Gasteiger partial charge in [0.05, 0.1) is 37.9 Å². The van der Waals surface area contributed by atoms with Crippen molar-refractivity contribution in [3.05, 3.63) is 36.5 Å². The van der Waals surface area contributed by atoms with Crippen molar-refractivity contribution in [2.24, 2.45) is 5.73 Å². The van der Waals surface area contributed by atoms with Crippen molar-refractivity contribution in [2.75, 3.05) is 19.8 Å². The van der Waals surface area contributed by atoms with Crippen molar-refractivity contribution < 1.29 is 33.5 Å². The second-order valence-corrected chi connectivity index (χ2v) is 16.5. The Hall–Kier alpha value is -1.32. The Bertz CT molecular complexity index is 961. The van der Waals surface area contributed by atoms with E-state index in [2.05, 4.69) is 43.5 Å². The maximum Gasteiger partial charge on any atom is 0.472 e. The van der Waals surface area contributed by atoms with Gasteiger partial charge in [0.25, 0.3) is 0 Å². The van der Waals surface area contributed by atoms with E-state index in [0.717, 1.165) is 51.4 Å². The second-order valence-electron chi connectivity index (χ2n) is 15.1. The highest BCUT2D eigenvalue weighted by Gasteiger charge is 2.27. The third-order valence-electron chi connectivity index (χ3n) is 9.78. The summed E-state index contributed by atoms with van der Waals surface area (Å²) in [5.74, 6) is -0.447. The molecule has 0 radical (unpaired) electrons. The monoisotopic (exact) mass is 785 g/mol. The molecule has 10 heteroatoms. The molecule has 0 aliphatic rings. The highest BCUT2D eigenvalue weighted by atomic mass is 31.2. The van der Waals surface area contributed by atoms with Gasteiger partial charge < -0.3 is 26.2 Å². The first-order valence-electron chi connectivity index (χ1n) is 22.2. The summed E-state index contributed by atoms with van der Waals surface area (Å²) in [6, 6.07) is -0.981. The summed E-state index contributed by atoms with van der Waals surface area (Å²) < 4.78 is 22.1. The molecule has 4 unspecified atom stereocenters. The number of carbonyl (C=O) groups excluding carboxylic acids is 1. The molecule has 0 aliphatic heterocycles. The van der Waals surface area contributed by atoms with Gasteiger partial charge in [-0.3, -0.25) is 13.8 Å². The molecule has 4 atom stereocenters. The van der Waals surface area contributed by atoms with Gasteiger partial charge in [0, 0.05) is 6.54 Å². The fourth-order valence-corrected chi connectivity index (χ4v) is 7.21. The van der Waals surface area contributed by atoms with E-state index < -0.39 is 38.6 Å². The van der Waals surface area contributed by atoms with Crippen LogP contribution in [0.15, 0.2) is 36.5 Å². The van der Waals surface area contributed by atoms with Gasteiger partial charge in [-0.2, -0.15) is 0 Å². The van der Waals surface area contributed by atoms with E-state index >= 15 is 0 Å². The molecule has 1 amide bonds. The fourth-order valence-electron chi connectivity index (χ4n) is 6.45. The Morgan fingerprint density at radius 1 is 0.667 bits per heavy atom. The van der Waals surface area contributed by atoms with Crippen LogP contribution in [-0.4, -0.2) is 59.0 Å². The zero-order valence-electron chi connectivity index (χ0n) is 34.8. The van der Waals surface area contributed by atoms with Crippen LogP contribution in [0.25, 0.3) is 0 Å². The molecule has 0 fully saturated rings. The van der Waals surface area contributed by atoms with Crippen LogP contribution in [0, 0.1) is 0 Å². The van der Waals surface area contributed by atoms with Crippen molar-refractivity contribution in [2.45, 2.75) is 218 Å². The zero-order valence-corrected chi connectivity index (χ0v) is 35.7. The van der Waals surface area contributed by atoms with Gasteiger partial charge in [-0.05, 0) is 44.9 Å². The molecule has 0 aromatic rings. The van der Waals surface area contributed by atoms with Gasteiger partial charge >= 0.3 is 7.82 Å². The van der Waals surface area contributed by atoms with Gasteiger partial charge in [0.2, 0.25) is 5.91 Å². The molecule has 6 N–H and O–H groups in total. The molecular formula is C44H85N2O7P. The molecule has 318 valence electrons. The molecule has 0 aliphatic carbocycles. The van der Waals surface area contributed by atoms with Crippen LogP contribution in [0.2, 0.25) is 0 Å². The summed E-state index contributed by atoms with van der Waals surface area (Å²) in [6.45, 7) is 3.87. The molecule has 0 aromatic carbocycles. The lowest BCUT2D eigenvalue weighted by molar-refractivity contribution is -0.124. The Morgan fingerprint density at radius 3 is 1.67 bits per heavy atom. The Morgan fingerprint density at radius 2 is 1.15 bits per heavy atom. The Kier molecular flexibility index (Phi) is 38.9. The molecule has 0 heterocycles. The van der Waals surface area contributed by atoms with Crippen LogP contribution in [0.3, 0.4) is 0 Å². The van der Waals surface area contributed by atoms with E-state index in [1.54, 1.807) is 6.08 Å². The normalized spacial score (nSPS) is 15.0. The molecule has 0 rings (SSSR count). The summed E-state index contributed by atoms with van der Waals surface area (Å²) in [6.07, 6.45) is 43.7. The number of unbranched alkanes of at least 4 members (excludes halogenated alkanes) is 23. The summed E-state index contributed by atoms with van der Waals surface area (Å²) >= 11 is 0. The highest BCUT2D eigenvalue weighted by molar-refractivity contribution is 7.47. The van der Waals surface area contributed by atoms with Crippen LogP contribution in [-0.2, 0) is 18.4 Å².